The number of amides is 1. The fraction of sp³-hybridized carbons (Fsp3) is 0.278. The molecule has 0 aliphatic heterocycles. The van der Waals surface area contributed by atoms with Gasteiger partial charge in [-0.25, -0.2) is 0 Å². The van der Waals surface area contributed by atoms with Gasteiger partial charge in [0.15, 0.2) is 11.5 Å². The van der Waals surface area contributed by atoms with Crippen LogP contribution in [0.15, 0.2) is 53.4 Å². The molecule has 2 aromatic carbocycles. The minimum Gasteiger partial charge on any atom is -0.493 e. The summed E-state index contributed by atoms with van der Waals surface area (Å²) in [7, 11) is 1.60. The van der Waals surface area contributed by atoms with Gasteiger partial charge in [0.1, 0.15) is 6.61 Å². The number of hydrogen-bond acceptors (Lipinski definition) is 4. The maximum atomic E-state index is 12.1. The summed E-state index contributed by atoms with van der Waals surface area (Å²) in [6, 6.07) is 14.9. The Morgan fingerprint density at radius 1 is 1.17 bits per heavy atom. The van der Waals surface area contributed by atoms with Gasteiger partial charge in [-0.3, -0.25) is 4.79 Å². The zero-order valence-electron chi connectivity index (χ0n) is 13.6. The van der Waals surface area contributed by atoms with E-state index in [1.54, 1.807) is 7.11 Å². The molecule has 0 heterocycles. The predicted molar refractivity (Wildman–Crippen MR) is 98.3 cm³/mol. The fourth-order valence-electron chi connectivity index (χ4n) is 1.99. The van der Waals surface area contributed by atoms with E-state index in [2.05, 4.69) is 5.32 Å². The average Bonchev–Trinajstić information content (AvgIpc) is 2.60. The zero-order chi connectivity index (χ0) is 17.4. The van der Waals surface area contributed by atoms with Crippen molar-refractivity contribution in [3.8, 4) is 11.5 Å². The number of nitrogens with one attached hydrogen (secondary N) is 1. The molecule has 0 radical (unpaired) electrons. The monoisotopic (exact) mass is 365 g/mol. The molecule has 4 nitrogen and oxygen atoms in total. The van der Waals surface area contributed by atoms with Gasteiger partial charge in [-0.2, -0.15) is 0 Å². The summed E-state index contributed by atoms with van der Waals surface area (Å²) in [6.45, 7) is 2.68. The van der Waals surface area contributed by atoms with Crippen LogP contribution < -0.4 is 14.8 Å². The van der Waals surface area contributed by atoms with Crippen molar-refractivity contribution in [3.63, 3.8) is 0 Å². The molecule has 0 aliphatic carbocycles. The second-order valence-electron chi connectivity index (χ2n) is 5.00. The Morgan fingerprint density at radius 2 is 1.83 bits per heavy atom. The van der Waals surface area contributed by atoms with Crippen LogP contribution in [0.25, 0.3) is 0 Å². The van der Waals surface area contributed by atoms with Crippen LogP contribution in [0.5, 0.6) is 11.5 Å². The third-order valence-electron chi connectivity index (χ3n) is 3.22. The minimum absolute atomic E-state index is 0.0291. The van der Waals surface area contributed by atoms with E-state index in [0.717, 1.165) is 4.90 Å². The highest BCUT2D eigenvalue weighted by Crippen LogP contribution is 2.26. The number of halogens is 1. The van der Waals surface area contributed by atoms with Gasteiger partial charge in [0.05, 0.1) is 18.9 Å². The number of para-hydroxylation sites is 2. The third-order valence-corrected chi connectivity index (χ3v) is 4.59. The van der Waals surface area contributed by atoms with E-state index in [9.17, 15) is 4.79 Å². The van der Waals surface area contributed by atoms with Gasteiger partial charge in [-0.1, -0.05) is 23.7 Å². The molecule has 128 valence electrons. The maximum absolute atomic E-state index is 12.1. The van der Waals surface area contributed by atoms with Crippen molar-refractivity contribution in [1.82, 2.24) is 5.32 Å². The molecule has 2 aromatic rings. The Labute approximate surface area is 151 Å². The number of rotatable bonds is 8. The first kappa shape index (κ1) is 18.5. The fourth-order valence-corrected chi connectivity index (χ4v) is 3.01. The largest absolute Gasteiger partial charge is 0.493 e. The van der Waals surface area contributed by atoms with E-state index in [-0.39, 0.29) is 11.2 Å². The normalized spacial score (nSPS) is 11.6. The van der Waals surface area contributed by atoms with Gasteiger partial charge in [-0.15, -0.1) is 11.8 Å². The van der Waals surface area contributed by atoms with Crippen molar-refractivity contribution in [3.05, 3.63) is 53.6 Å². The molecule has 0 saturated heterocycles. The lowest BCUT2D eigenvalue weighted by atomic mass is 10.3. The van der Waals surface area contributed by atoms with Crippen LogP contribution in [0.2, 0.25) is 5.02 Å². The molecule has 0 spiro atoms. The molecule has 0 bridgehead atoms. The SMILES string of the molecule is COc1ccccc1OCCNC(=O)[C@H](C)Sc1ccc(Cl)cc1. The summed E-state index contributed by atoms with van der Waals surface area (Å²) in [5.74, 6) is 1.31. The Balaban J connectivity index is 1.73. The lowest BCUT2D eigenvalue weighted by Crippen LogP contribution is -2.33. The highest BCUT2D eigenvalue weighted by atomic mass is 35.5. The molecule has 2 rings (SSSR count). The highest BCUT2D eigenvalue weighted by Gasteiger charge is 2.14. The number of thioether (sulfide) groups is 1. The van der Waals surface area contributed by atoms with Crippen LogP contribution in [0.1, 0.15) is 6.92 Å². The first-order chi connectivity index (χ1) is 11.6. The Bertz CT molecular complexity index is 664. The number of methoxy groups -OCH3 is 1. The zero-order valence-corrected chi connectivity index (χ0v) is 15.2. The van der Waals surface area contributed by atoms with E-state index in [1.807, 2.05) is 55.5 Å². The van der Waals surface area contributed by atoms with Crippen molar-refractivity contribution in [2.24, 2.45) is 0 Å². The molecular weight excluding hydrogens is 346 g/mol. The van der Waals surface area contributed by atoms with E-state index in [0.29, 0.717) is 29.7 Å². The first-order valence-corrected chi connectivity index (χ1v) is 8.81. The molecule has 0 aliphatic rings. The van der Waals surface area contributed by atoms with Crippen molar-refractivity contribution in [2.75, 3.05) is 20.3 Å². The number of ether oxygens (including phenoxy) is 2. The van der Waals surface area contributed by atoms with Crippen LogP contribution in [-0.4, -0.2) is 31.4 Å². The summed E-state index contributed by atoms with van der Waals surface area (Å²) < 4.78 is 10.8. The van der Waals surface area contributed by atoms with Gasteiger partial charge in [0.2, 0.25) is 5.91 Å². The first-order valence-electron chi connectivity index (χ1n) is 7.56. The molecule has 0 unspecified atom stereocenters. The second kappa shape index (κ2) is 9.45. The smallest absolute Gasteiger partial charge is 0.233 e. The van der Waals surface area contributed by atoms with E-state index < -0.39 is 0 Å². The minimum atomic E-state index is -0.197. The average molecular weight is 366 g/mol. The van der Waals surface area contributed by atoms with Gasteiger partial charge in [0.25, 0.3) is 0 Å². The van der Waals surface area contributed by atoms with Crippen LogP contribution in [0, 0.1) is 0 Å². The lowest BCUT2D eigenvalue weighted by molar-refractivity contribution is -0.120. The highest BCUT2D eigenvalue weighted by molar-refractivity contribution is 8.00. The summed E-state index contributed by atoms with van der Waals surface area (Å²) in [6.07, 6.45) is 0. The molecule has 0 fully saturated rings. The van der Waals surface area contributed by atoms with Crippen molar-refractivity contribution >= 4 is 29.3 Å². The molecule has 24 heavy (non-hydrogen) atoms. The third kappa shape index (κ3) is 5.65. The van der Waals surface area contributed by atoms with Crippen LogP contribution in [0.4, 0.5) is 0 Å². The molecule has 6 heteroatoms. The number of hydrogen-bond donors (Lipinski definition) is 1. The molecule has 1 amide bonds. The molecule has 0 saturated carbocycles. The van der Waals surface area contributed by atoms with E-state index in [4.69, 9.17) is 21.1 Å². The lowest BCUT2D eigenvalue weighted by Gasteiger charge is -2.13. The molecule has 1 N–H and O–H groups in total. The summed E-state index contributed by atoms with van der Waals surface area (Å²) in [4.78, 5) is 13.1. The maximum Gasteiger partial charge on any atom is 0.233 e. The van der Waals surface area contributed by atoms with Crippen molar-refractivity contribution < 1.29 is 14.3 Å². The second-order valence-corrected chi connectivity index (χ2v) is 6.85. The quantitative estimate of drug-likeness (QED) is 0.567. The van der Waals surface area contributed by atoms with Crippen LogP contribution in [-0.2, 0) is 4.79 Å². The number of benzene rings is 2. The van der Waals surface area contributed by atoms with Crippen LogP contribution in [0.3, 0.4) is 0 Å². The van der Waals surface area contributed by atoms with Gasteiger partial charge in [-0.05, 0) is 43.3 Å². The summed E-state index contributed by atoms with van der Waals surface area (Å²) in [5, 5.41) is 3.36. The summed E-state index contributed by atoms with van der Waals surface area (Å²) >= 11 is 7.35. The molecule has 1 atom stereocenters. The topological polar surface area (TPSA) is 47.6 Å². The Hall–Kier alpha value is -1.85. The molecule has 0 aromatic heterocycles. The van der Waals surface area contributed by atoms with Crippen LogP contribution >= 0.6 is 23.4 Å². The van der Waals surface area contributed by atoms with Gasteiger partial charge in [0, 0.05) is 9.92 Å². The van der Waals surface area contributed by atoms with Gasteiger partial charge >= 0.3 is 0 Å². The Morgan fingerprint density at radius 3 is 2.50 bits per heavy atom. The predicted octanol–water partition coefficient (Wildman–Crippen LogP) is 4.02. The van der Waals surface area contributed by atoms with Gasteiger partial charge < -0.3 is 14.8 Å². The van der Waals surface area contributed by atoms with E-state index >= 15 is 0 Å². The van der Waals surface area contributed by atoms with Crippen molar-refractivity contribution in [2.45, 2.75) is 17.1 Å². The number of carbonyl (C=O) groups is 1. The van der Waals surface area contributed by atoms with Crippen molar-refractivity contribution in [1.29, 1.82) is 0 Å². The summed E-state index contributed by atoms with van der Waals surface area (Å²) in [5.41, 5.74) is 0. The van der Waals surface area contributed by atoms with E-state index in [1.165, 1.54) is 11.8 Å². The molecular formula is C18H20ClNO3S. The Kier molecular flexibility index (Phi) is 7.28. The standard InChI is InChI=1S/C18H20ClNO3S/c1-13(24-15-9-7-14(19)8-10-15)18(21)20-11-12-23-17-6-4-3-5-16(17)22-2/h3-10,13H,11-12H2,1-2H3,(H,20,21)/t13-/m0/s1. The number of carbonyl (C=O) groups excluding carboxylic acids is 1.